The molecule has 0 atom stereocenters. The van der Waals surface area contributed by atoms with Crippen molar-refractivity contribution in [2.45, 2.75) is 9.79 Å². The summed E-state index contributed by atoms with van der Waals surface area (Å²) in [6.07, 6.45) is 0. The van der Waals surface area contributed by atoms with Gasteiger partial charge in [-0.05, 0) is 47.2 Å². The van der Waals surface area contributed by atoms with Crippen molar-refractivity contribution >= 4 is 88.2 Å². The van der Waals surface area contributed by atoms with Crippen molar-refractivity contribution < 1.29 is 55.3 Å². The van der Waals surface area contributed by atoms with Crippen LogP contribution < -0.4 is 21.3 Å². The fraction of sp³-hybridized carbons (Fsp3) is 0. The van der Waals surface area contributed by atoms with Crippen LogP contribution in [0.1, 0.15) is 20.7 Å². The third kappa shape index (κ3) is 7.38. The van der Waals surface area contributed by atoms with Gasteiger partial charge in [0.2, 0.25) is 0 Å². The van der Waals surface area contributed by atoms with Crippen molar-refractivity contribution in [3.63, 3.8) is 0 Å². The van der Waals surface area contributed by atoms with Gasteiger partial charge in [0.05, 0.1) is 22.5 Å². The van der Waals surface area contributed by atoms with E-state index >= 15 is 0 Å². The molecule has 274 valence electrons. The topological polar surface area (TPSA) is 266 Å². The van der Waals surface area contributed by atoms with Crippen LogP contribution in [0.5, 0.6) is 11.5 Å². The van der Waals surface area contributed by atoms with E-state index in [1.54, 1.807) is 12.1 Å². The molecule has 6 rings (SSSR count). The number of hydrogen-bond acceptors (Lipinski definition) is 10. The highest BCUT2D eigenvalue weighted by Crippen LogP contribution is 2.40. The zero-order valence-electron chi connectivity index (χ0n) is 27.3. The summed E-state index contributed by atoms with van der Waals surface area (Å²) in [5, 5.41) is 30.7. The van der Waals surface area contributed by atoms with E-state index in [1.165, 1.54) is 97.1 Å². The molecule has 6 aromatic carbocycles. The van der Waals surface area contributed by atoms with E-state index < -0.39 is 76.5 Å². The monoisotopic (exact) mass is 770 g/mol. The van der Waals surface area contributed by atoms with E-state index in [0.29, 0.717) is 0 Å². The van der Waals surface area contributed by atoms with Crippen molar-refractivity contribution in [2.75, 3.05) is 21.3 Å². The van der Waals surface area contributed by atoms with Crippen LogP contribution in [-0.2, 0) is 29.8 Å². The largest absolute Gasteiger partial charge is 0.506 e. The Balaban J connectivity index is 1.24. The minimum absolute atomic E-state index is 0.00624. The first-order valence-electron chi connectivity index (χ1n) is 15.4. The molecular formula is C36H26N4O12S2. The Morgan fingerprint density at radius 3 is 1.17 bits per heavy atom. The second-order valence-corrected chi connectivity index (χ2v) is 14.2. The van der Waals surface area contributed by atoms with Gasteiger partial charge in [0.25, 0.3) is 32.1 Å². The summed E-state index contributed by atoms with van der Waals surface area (Å²) in [5.41, 5.74) is -2.35. The molecular weight excluding hydrogens is 745 g/mol. The van der Waals surface area contributed by atoms with E-state index in [-0.39, 0.29) is 44.0 Å². The number of phenolic OH excluding ortho intramolecular Hbond substituents is 2. The zero-order valence-corrected chi connectivity index (χ0v) is 28.9. The normalized spacial score (nSPS) is 11.5. The van der Waals surface area contributed by atoms with Gasteiger partial charge in [0.15, 0.2) is 0 Å². The third-order valence-electron chi connectivity index (χ3n) is 8.00. The third-order valence-corrected chi connectivity index (χ3v) is 9.88. The molecule has 0 aliphatic carbocycles. The smallest absolute Gasteiger partial charge is 0.314 e. The molecule has 0 radical (unpaired) electrons. The van der Waals surface area contributed by atoms with Gasteiger partial charge >= 0.3 is 11.8 Å². The minimum atomic E-state index is -5.00. The van der Waals surface area contributed by atoms with Crippen molar-refractivity contribution in [2.24, 2.45) is 0 Å². The Hall–Kier alpha value is -6.86. The minimum Gasteiger partial charge on any atom is -0.506 e. The SMILES string of the molecule is O=C(Nc1ccccc1C(=O)Nc1c(O)cc2ccccc2c1S(=O)(=O)O)C(=O)Nc1ccccc1C(=O)Nc1c(O)cc2ccccc2c1S(=O)(=O)O. The molecule has 0 aliphatic heterocycles. The predicted octanol–water partition coefficient (Wildman–Crippen LogP) is 4.98. The number of rotatable bonds is 8. The van der Waals surface area contributed by atoms with E-state index in [2.05, 4.69) is 21.3 Å². The van der Waals surface area contributed by atoms with Crippen LogP contribution in [0.15, 0.2) is 119 Å². The summed E-state index contributed by atoms with van der Waals surface area (Å²) < 4.78 is 69.5. The van der Waals surface area contributed by atoms with E-state index in [9.17, 15) is 55.3 Å². The number of amides is 4. The molecule has 0 unspecified atom stereocenters. The lowest BCUT2D eigenvalue weighted by molar-refractivity contribution is -0.133. The molecule has 54 heavy (non-hydrogen) atoms. The summed E-state index contributed by atoms with van der Waals surface area (Å²) in [4.78, 5) is 51.5. The van der Waals surface area contributed by atoms with Crippen LogP contribution in [0.25, 0.3) is 21.5 Å². The summed E-state index contributed by atoms with van der Waals surface area (Å²) >= 11 is 0. The molecule has 0 saturated carbocycles. The Morgan fingerprint density at radius 1 is 0.463 bits per heavy atom. The van der Waals surface area contributed by atoms with Crippen molar-refractivity contribution in [1.82, 2.24) is 0 Å². The quantitative estimate of drug-likeness (QED) is 0.0579. The van der Waals surface area contributed by atoms with Gasteiger partial charge in [-0.25, -0.2) is 0 Å². The number of aromatic hydroxyl groups is 2. The first-order valence-corrected chi connectivity index (χ1v) is 18.3. The zero-order chi connectivity index (χ0) is 38.9. The Morgan fingerprint density at radius 2 is 0.796 bits per heavy atom. The van der Waals surface area contributed by atoms with Gasteiger partial charge in [-0.15, -0.1) is 0 Å². The Kier molecular flexibility index (Phi) is 9.76. The number of carbonyl (C=O) groups excluding carboxylic acids is 4. The maximum atomic E-state index is 13.4. The molecule has 0 saturated heterocycles. The maximum absolute atomic E-state index is 13.4. The van der Waals surface area contributed by atoms with Gasteiger partial charge in [-0.1, -0.05) is 72.8 Å². The van der Waals surface area contributed by atoms with Crippen molar-refractivity contribution in [3.05, 3.63) is 120 Å². The molecule has 0 spiro atoms. The first-order chi connectivity index (χ1) is 25.5. The average molecular weight is 771 g/mol. The number of carbonyl (C=O) groups is 4. The highest BCUT2D eigenvalue weighted by atomic mass is 32.2. The molecule has 0 aromatic heterocycles. The average Bonchev–Trinajstić information content (AvgIpc) is 3.11. The molecule has 0 heterocycles. The second kappa shape index (κ2) is 14.3. The van der Waals surface area contributed by atoms with Gasteiger partial charge in [0, 0.05) is 10.8 Å². The van der Waals surface area contributed by atoms with E-state index in [0.717, 1.165) is 0 Å². The number of hydrogen-bond donors (Lipinski definition) is 8. The molecule has 0 aliphatic rings. The number of fused-ring (bicyclic) bond motifs is 2. The number of anilines is 4. The summed E-state index contributed by atoms with van der Waals surface area (Å²) in [6.45, 7) is 0. The van der Waals surface area contributed by atoms with Crippen molar-refractivity contribution in [3.8, 4) is 11.5 Å². The highest BCUT2D eigenvalue weighted by Gasteiger charge is 2.28. The maximum Gasteiger partial charge on any atom is 0.314 e. The summed E-state index contributed by atoms with van der Waals surface area (Å²) in [7, 11) is -10.0. The molecule has 8 N–H and O–H groups in total. The Bertz CT molecular complexity index is 2600. The lowest BCUT2D eigenvalue weighted by Gasteiger charge is -2.16. The van der Waals surface area contributed by atoms with Crippen LogP contribution in [0.4, 0.5) is 22.7 Å². The second-order valence-electron chi connectivity index (χ2n) is 11.5. The standard InChI is InChI=1S/C36H26N4O12S2/c41-27-17-19-9-1-3-11-21(19)31(53(47,48)49)29(27)39-33(43)23-13-5-7-15-25(23)37-35(45)36(46)38-26-16-8-6-14-24(26)34(44)40-30-28(42)18-20-10-2-4-12-22(20)32(30)54(50,51)52/h1-18,41-42H,(H,37,45)(H,38,46)(H,39,43)(H,40,44)(H,47,48,49)(H,50,51,52). The Labute approximate surface area is 305 Å². The van der Waals surface area contributed by atoms with Crippen LogP contribution in [0.3, 0.4) is 0 Å². The number of benzene rings is 6. The number of para-hydroxylation sites is 2. The molecule has 0 bridgehead atoms. The molecule has 4 amide bonds. The van der Waals surface area contributed by atoms with Crippen LogP contribution in [0.2, 0.25) is 0 Å². The van der Waals surface area contributed by atoms with Gasteiger partial charge in [-0.2, -0.15) is 16.8 Å². The molecule has 18 heteroatoms. The predicted molar refractivity (Wildman–Crippen MR) is 197 cm³/mol. The molecule has 0 fully saturated rings. The summed E-state index contributed by atoms with van der Waals surface area (Å²) in [5.74, 6) is -6.15. The number of phenols is 2. The fourth-order valence-corrected chi connectivity index (χ4v) is 7.43. The van der Waals surface area contributed by atoms with E-state index in [1.807, 2.05) is 0 Å². The summed E-state index contributed by atoms with van der Waals surface area (Å²) in [6, 6.07) is 24.6. The first kappa shape index (κ1) is 36.9. The van der Waals surface area contributed by atoms with E-state index in [4.69, 9.17) is 0 Å². The molecule has 6 aromatic rings. The number of nitrogens with one attached hydrogen (secondary N) is 4. The van der Waals surface area contributed by atoms with Gasteiger partial charge in [-0.3, -0.25) is 28.3 Å². The lowest BCUT2D eigenvalue weighted by Crippen LogP contribution is -2.31. The van der Waals surface area contributed by atoms with Gasteiger partial charge in [0.1, 0.15) is 32.7 Å². The van der Waals surface area contributed by atoms with Crippen LogP contribution in [0, 0.1) is 0 Å². The van der Waals surface area contributed by atoms with Gasteiger partial charge < -0.3 is 31.5 Å². The van der Waals surface area contributed by atoms with Crippen molar-refractivity contribution in [1.29, 1.82) is 0 Å². The highest BCUT2D eigenvalue weighted by molar-refractivity contribution is 7.86. The van der Waals surface area contributed by atoms with Crippen LogP contribution >= 0.6 is 0 Å². The fourth-order valence-electron chi connectivity index (χ4n) is 5.68. The molecule has 16 nitrogen and oxygen atoms in total. The lowest BCUT2D eigenvalue weighted by atomic mass is 10.1. The van der Waals surface area contributed by atoms with Crippen LogP contribution in [-0.4, -0.2) is 59.8 Å².